The van der Waals surface area contributed by atoms with Gasteiger partial charge in [0, 0.05) is 0 Å². The molecule has 2 aromatic rings. The van der Waals surface area contributed by atoms with Crippen LogP contribution in [0.5, 0.6) is 0 Å². The van der Waals surface area contributed by atoms with Crippen LogP contribution in [0.3, 0.4) is 0 Å². The molecule has 0 amide bonds. The number of rotatable bonds is 11. The van der Waals surface area contributed by atoms with E-state index >= 15 is 0 Å². The molecule has 2 rings (SSSR count). The van der Waals surface area contributed by atoms with Crippen LogP contribution in [0.25, 0.3) is 0 Å². The van der Waals surface area contributed by atoms with Gasteiger partial charge in [0.15, 0.2) is 0 Å². The molecule has 0 saturated carbocycles. The smallest absolute Gasteiger partial charge is 0.0583 e. The first-order valence-corrected chi connectivity index (χ1v) is 9.97. The number of hydrogen-bond donors (Lipinski definition) is 2. The highest BCUT2D eigenvalue weighted by Gasteiger charge is 2.17. The van der Waals surface area contributed by atoms with Crippen LogP contribution in [0.15, 0.2) is 60.7 Å². The highest BCUT2D eigenvalue weighted by Crippen LogP contribution is 2.21. The zero-order valence-electron chi connectivity index (χ0n) is 16.2. The third-order valence-corrected chi connectivity index (χ3v) is 5.11. The Kier molecular flexibility index (Phi) is 8.87. The van der Waals surface area contributed by atoms with Crippen molar-refractivity contribution in [2.45, 2.75) is 64.6 Å². The van der Waals surface area contributed by atoms with Gasteiger partial charge in [0.25, 0.3) is 0 Å². The van der Waals surface area contributed by atoms with Gasteiger partial charge in [-0.3, -0.25) is 0 Å². The van der Waals surface area contributed by atoms with Gasteiger partial charge in [0.05, 0.1) is 12.2 Å². The van der Waals surface area contributed by atoms with E-state index in [4.69, 9.17) is 0 Å². The molecule has 0 fully saturated rings. The van der Waals surface area contributed by atoms with Crippen molar-refractivity contribution in [2.24, 2.45) is 11.8 Å². The zero-order valence-corrected chi connectivity index (χ0v) is 16.2. The van der Waals surface area contributed by atoms with Crippen molar-refractivity contribution in [2.75, 3.05) is 0 Å². The molecule has 0 aromatic heterocycles. The Morgan fingerprint density at radius 3 is 1.77 bits per heavy atom. The molecule has 0 aliphatic heterocycles. The minimum absolute atomic E-state index is 0.278. The van der Waals surface area contributed by atoms with E-state index in [0.717, 1.165) is 32.1 Å². The lowest BCUT2D eigenvalue weighted by Crippen LogP contribution is -2.20. The van der Waals surface area contributed by atoms with Crippen molar-refractivity contribution in [1.29, 1.82) is 0 Å². The summed E-state index contributed by atoms with van der Waals surface area (Å²) in [7, 11) is 0. The molecule has 2 aromatic carbocycles. The van der Waals surface area contributed by atoms with Crippen LogP contribution in [-0.4, -0.2) is 22.4 Å². The fourth-order valence-corrected chi connectivity index (χ4v) is 3.73. The Balaban J connectivity index is 1.65. The first kappa shape index (κ1) is 20.7. The monoisotopic (exact) mass is 354 g/mol. The van der Waals surface area contributed by atoms with Gasteiger partial charge in [-0.05, 0) is 61.5 Å². The molecule has 2 heteroatoms. The van der Waals surface area contributed by atoms with Crippen LogP contribution >= 0.6 is 0 Å². The minimum Gasteiger partial charge on any atom is -0.393 e. The second-order valence-corrected chi connectivity index (χ2v) is 7.94. The number of hydrogen-bond acceptors (Lipinski definition) is 2. The second-order valence-electron chi connectivity index (χ2n) is 7.94. The van der Waals surface area contributed by atoms with E-state index in [-0.39, 0.29) is 12.2 Å². The van der Waals surface area contributed by atoms with Crippen LogP contribution in [0.4, 0.5) is 0 Å². The minimum atomic E-state index is -0.338. The van der Waals surface area contributed by atoms with Gasteiger partial charge in [-0.1, -0.05) is 74.5 Å². The van der Waals surface area contributed by atoms with Crippen LogP contribution in [0.2, 0.25) is 0 Å². The summed E-state index contributed by atoms with van der Waals surface area (Å²) in [6, 6.07) is 20.7. The van der Waals surface area contributed by atoms with E-state index < -0.39 is 0 Å². The van der Waals surface area contributed by atoms with Gasteiger partial charge < -0.3 is 10.2 Å². The van der Waals surface area contributed by atoms with Crippen molar-refractivity contribution in [1.82, 2.24) is 0 Å². The molecule has 0 saturated heterocycles. The molecule has 0 heterocycles. The Labute approximate surface area is 158 Å². The molecule has 2 N–H and O–H groups in total. The van der Waals surface area contributed by atoms with E-state index in [9.17, 15) is 10.2 Å². The van der Waals surface area contributed by atoms with Crippen molar-refractivity contribution < 1.29 is 10.2 Å². The first-order chi connectivity index (χ1) is 12.5. The summed E-state index contributed by atoms with van der Waals surface area (Å²) < 4.78 is 0. The molecule has 0 aliphatic carbocycles. The lowest BCUT2D eigenvalue weighted by molar-refractivity contribution is 0.0933. The predicted molar refractivity (Wildman–Crippen MR) is 109 cm³/mol. The average molecular weight is 355 g/mol. The number of benzene rings is 2. The fraction of sp³-hybridized carbons (Fsp3) is 0.500. The highest BCUT2D eigenvalue weighted by atomic mass is 16.3. The standard InChI is InChI=1S/C24H34O2/c1-19(13-14-21-9-5-3-6-10-21)15-23(25)16-20(2)17-24(26)18-22-11-7-4-8-12-22/h3-12,19-20,23-26H,13-18H2,1-2H3. The number of aryl methyl sites for hydroxylation is 1. The van der Waals surface area contributed by atoms with Gasteiger partial charge in [-0.2, -0.15) is 0 Å². The summed E-state index contributed by atoms with van der Waals surface area (Å²) >= 11 is 0. The average Bonchev–Trinajstić information content (AvgIpc) is 2.61. The fourth-order valence-electron chi connectivity index (χ4n) is 3.73. The molecule has 0 spiro atoms. The summed E-state index contributed by atoms with van der Waals surface area (Å²) in [5, 5.41) is 20.7. The lowest BCUT2D eigenvalue weighted by atomic mass is 9.89. The topological polar surface area (TPSA) is 40.5 Å². The summed E-state index contributed by atoms with van der Waals surface area (Å²) in [6.45, 7) is 4.35. The predicted octanol–water partition coefficient (Wildman–Crippen LogP) is 5.03. The molecular weight excluding hydrogens is 320 g/mol. The molecule has 0 bridgehead atoms. The number of aliphatic hydroxyl groups is 2. The normalized spacial score (nSPS) is 16.0. The Morgan fingerprint density at radius 1 is 0.654 bits per heavy atom. The Morgan fingerprint density at radius 2 is 1.15 bits per heavy atom. The van der Waals surface area contributed by atoms with E-state index in [1.165, 1.54) is 11.1 Å². The summed E-state index contributed by atoms with van der Waals surface area (Å²) in [4.78, 5) is 0. The molecular formula is C24H34O2. The van der Waals surface area contributed by atoms with E-state index in [1.807, 2.05) is 24.3 Å². The summed E-state index contributed by atoms with van der Waals surface area (Å²) in [5.74, 6) is 0.830. The van der Waals surface area contributed by atoms with Crippen LogP contribution in [-0.2, 0) is 12.8 Å². The molecule has 0 aliphatic rings. The highest BCUT2D eigenvalue weighted by molar-refractivity contribution is 5.15. The van der Waals surface area contributed by atoms with Gasteiger partial charge in [0.2, 0.25) is 0 Å². The second kappa shape index (κ2) is 11.2. The third kappa shape index (κ3) is 8.16. The lowest BCUT2D eigenvalue weighted by Gasteiger charge is -2.22. The van der Waals surface area contributed by atoms with Gasteiger partial charge in [-0.25, -0.2) is 0 Å². The quantitative estimate of drug-likeness (QED) is 0.594. The largest absolute Gasteiger partial charge is 0.393 e. The molecule has 4 atom stereocenters. The van der Waals surface area contributed by atoms with E-state index in [1.54, 1.807) is 0 Å². The maximum absolute atomic E-state index is 10.4. The molecule has 2 nitrogen and oxygen atoms in total. The van der Waals surface area contributed by atoms with Crippen LogP contribution in [0.1, 0.15) is 50.7 Å². The third-order valence-electron chi connectivity index (χ3n) is 5.11. The van der Waals surface area contributed by atoms with Gasteiger partial charge in [0.1, 0.15) is 0 Å². The van der Waals surface area contributed by atoms with E-state index in [0.29, 0.717) is 18.3 Å². The molecule has 26 heavy (non-hydrogen) atoms. The zero-order chi connectivity index (χ0) is 18.8. The summed E-state index contributed by atoms with van der Waals surface area (Å²) in [6.07, 6.45) is 4.59. The van der Waals surface area contributed by atoms with Crippen LogP contribution in [0, 0.1) is 11.8 Å². The first-order valence-electron chi connectivity index (χ1n) is 9.97. The summed E-state index contributed by atoms with van der Waals surface area (Å²) in [5.41, 5.74) is 2.54. The maximum atomic E-state index is 10.4. The maximum Gasteiger partial charge on any atom is 0.0583 e. The Bertz CT molecular complexity index is 596. The SMILES string of the molecule is CC(CCc1ccccc1)CC(O)CC(C)CC(O)Cc1ccccc1. The van der Waals surface area contributed by atoms with Crippen molar-refractivity contribution >= 4 is 0 Å². The molecule has 142 valence electrons. The van der Waals surface area contributed by atoms with Crippen molar-refractivity contribution in [3.05, 3.63) is 71.8 Å². The number of aliphatic hydroxyl groups excluding tert-OH is 2. The van der Waals surface area contributed by atoms with Crippen molar-refractivity contribution in [3.8, 4) is 0 Å². The van der Waals surface area contributed by atoms with Gasteiger partial charge >= 0.3 is 0 Å². The van der Waals surface area contributed by atoms with Gasteiger partial charge in [-0.15, -0.1) is 0 Å². The van der Waals surface area contributed by atoms with E-state index in [2.05, 4.69) is 50.2 Å². The van der Waals surface area contributed by atoms with Crippen LogP contribution < -0.4 is 0 Å². The molecule has 4 unspecified atom stereocenters. The molecule has 0 radical (unpaired) electrons. The van der Waals surface area contributed by atoms with Crippen molar-refractivity contribution in [3.63, 3.8) is 0 Å². The Hall–Kier alpha value is -1.64.